The van der Waals surface area contributed by atoms with Crippen LogP contribution in [0.15, 0.2) is 46.8 Å². The number of nitrogens with zero attached hydrogens (tertiary/aromatic N) is 2. The van der Waals surface area contributed by atoms with Gasteiger partial charge in [0.25, 0.3) is 0 Å². The van der Waals surface area contributed by atoms with Crippen LogP contribution in [0.3, 0.4) is 0 Å². The molecule has 0 unspecified atom stereocenters. The van der Waals surface area contributed by atoms with Gasteiger partial charge in [0.05, 0.1) is 16.4 Å². The first-order valence-electron chi connectivity index (χ1n) is 7.18. The molecule has 0 saturated heterocycles. The third-order valence-electron chi connectivity index (χ3n) is 3.78. The van der Waals surface area contributed by atoms with E-state index in [0.29, 0.717) is 10.0 Å². The highest BCUT2D eigenvalue weighted by molar-refractivity contribution is 7.07. The van der Waals surface area contributed by atoms with Gasteiger partial charge in [0.1, 0.15) is 0 Å². The number of benzene rings is 2. The lowest BCUT2D eigenvalue weighted by molar-refractivity contribution is 0.882. The van der Waals surface area contributed by atoms with Gasteiger partial charge in [-0.2, -0.15) is 0 Å². The van der Waals surface area contributed by atoms with Crippen molar-refractivity contribution in [3.05, 3.63) is 67.8 Å². The first kappa shape index (κ1) is 19.1. The number of hydrogen-bond acceptors (Lipinski definition) is 2. The maximum atomic E-state index is 6.33. The van der Waals surface area contributed by atoms with Crippen molar-refractivity contribution in [1.29, 1.82) is 0 Å². The van der Waals surface area contributed by atoms with Gasteiger partial charge in [-0.15, -0.1) is 23.7 Å². The molecule has 0 bridgehead atoms. The van der Waals surface area contributed by atoms with Gasteiger partial charge >= 0.3 is 0 Å². The van der Waals surface area contributed by atoms with Gasteiger partial charge in [0, 0.05) is 23.0 Å². The second-order valence-corrected chi connectivity index (χ2v) is 7.12. The maximum Gasteiger partial charge on any atom is 0.190 e. The highest BCUT2D eigenvalue weighted by atomic mass is 35.5. The number of aryl methyl sites for hydroxylation is 2. The third-order valence-corrected chi connectivity index (χ3v) is 5.24. The molecule has 0 fully saturated rings. The SMILES string of the molecule is Cc1cccc(C)c1N=c1scc(-c2ccc(Cl)cc2Cl)n1C.Cl. The van der Waals surface area contributed by atoms with Gasteiger partial charge in [-0.1, -0.05) is 41.4 Å². The summed E-state index contributed by atoms with van der Waals surface area (Å²) in [5, 5.41) is 3.35. The van der Waals surface area contributed by atoms with Gasteiger partial charge in [-0.05, 0) is 43.2 Å². The van der Waals surface area contributed by atoms with E-state index in [1.165, 1.54) is 11.1 Å². The Balaban J connectivity index is 0.00000208. The van der Waals surface area contributed by atoms with E-state index in [1.807, 2.05) is 19.2 Å². The molecule has 24 heavy (non-hydrogen) atoms. The normalized spacial score (nSPS) is 11.5. The quantitative estimate of drug-likeness (QED) is 0.479. The minimum Gasteiger partial charge on any atom is -0.319 e. The van der Waals surface area contributed by atoms with Crippen LogP contribution in [0.2, 0.25) is 10.0 Å². The predicted octanol–water partition coefficient (Wildman–Crippen LogP) is 6.33. The molecule has 0 aliphatic heterocycles. The Morgan fingerprint density at radius 1 is 1.04 bits per heavy atom. The van der Waals surface area contributed by atoms with Crippen molar-refractivity contribution in [2.24, 2.45) is 12.0 Å². The van der Waals surface area contributed by atoms with E-state index in [0.717, 1.165) is 21.7 Å². The van der Waals surface area contributed by atoms with Gasteiger partial charge in [0.15, 0.2) is 4.80 Å². The Bertz CT molecular complexity index is 921. The number of aromatic nitrogens is 1. The Morgan fingerprint density at radius 2 is 1.71 bits per heavy atom. The second kappa shape index (κ2) is 7.75. The number of rotatable bonds is 2. The van der Waals surface area contributed by atoms with Crippen molar-refractivity contribution in [1.82, 2.24) is 4.57 Å². The molecule has 126 valence electrons. The largest absolute Gasteiger partial charge is 0.319 e. The number of thiazole rings is 1. The highest BCUT2D eigenvalue weighted by Crippen LogP contribution is 2.30. The smallest absolute Gasteiger partial charge is 0.190 e. The van der Waals surface area contributed by atoms with Crippen LogP contribution in [-0.2, 0) is 7.05 Å². The van der Waals surface area contributed by atoms with E-state index in [1.54, 1.807) is 17.4 Å². The molecular weight excluding hydrogens is 383 g/mol. The van der Waals surface area contributed by atoms with Crippen molar-refractivity contribution >= 4 is 52.6 Å². The Morgan fingerprint density at radius 3 is 2.33 bits per heavy atom. The molecule has 2 aromatic carbocycles. The molecule has 1 aromatic heterocycles. The highest BCUT2D eigenvalue weighted by Gasteiger charge is 2.10. The van der Waals surface area contributed by atoms with Crippen LogP contribution in [0.4, 0.5) is 5.69 Å². The topological polar surface area (TPSA) is 17.3 Å². The van der Waals surface area contributed by atoms with E-state index in [9.17, 15) is 0 Å². The van der Waals surface area contributed by atoms with Crippen LogP contribution in [0, 0.1) is 13.8 Å². The lowest BCUT2D eigenvalue weighted by Gasteiger charge is -2.06. The van der Waals surface area contributed by atoms with Crippen LogP contribution in [0.5, 0.6) is 0 Å². The third kappa shape index (κ3) is 3.70. The van der Waals surface area contributed by atoms with Crippen molar-refractivity contribution in [2.75, 3.05) is 0 Å². The summed E-state index contributed by atoms with van der Waals surface area (Å²) in [4.78, 5) is 5.78. The van der Waals surface area contributed by atoms with Crippen molar-refractivity contribution in [2.45, 2.75) is 13.8 Å². The average molecular weight is 400 g/mol. The summed E-state index contributed by atoms with van der Waals surface area (Å²) in [6.07, 6.45) is 0. The lowest BCUT2D eigenvalue weighted by atomic mass is 10.1. The molecule has 6 heteroatoms. The summed E-state index contributed by atoms with van der Waals surface area (Å²) >= 11 is 13.9. The summed E-state index contributed by atoms with van der Waals surface area (Å²) in [6.45, 7) is 4.16. The first-order valence-corrected chi connectivity index (χ1v) is 8.82. The average Bonchev–Trinajstić information content (AvgIpc) is 2.84. The number of halogens is 3. The fourth-order valence-electron chi connectivity index (χ4n) is 2.49. The summed E-state index contributed by atoms with van der Waals surface area (Å²) in [7, 11) is 2.00. The minimum absolute atomic E-state index is 0. The molecule has 0 atom stereocenters. The van der Waals surface area contributed by atoms with E-state index >= 15 is 0 Å². The summed E-state index contributed by atoms with van der Waals surface area (Å²) in [5.41, 5.74) is 5.35. The summed E-state index contributed by atoms with van der Waals surface area (Å²) in [6, 6.07) is 11.8. The molecule has 0 amide bonds. The standard InChI is InChI=1S/C18H16Cl2N2S.ClH/c1-11-5-4-6-12(2)17(11)21-18-22(3)16(10-23-18)14-8-7-13(19)9-15(14)20;/h4-10H,1-3H3;1H. The molecule has 3 rings (SSSR count). The van der Waals surface area contributed by atoms with Gasteiger partial charge in [-0.25, -0.2) is 4.99 Å². The first-order chi connectivity index (χ1) is 11.0. The fraction of sp³-hybridized carbons (Fsp3) is 0.167. The number of para-hydroxylation sites is 1. The molecular formula is C18H17Cl3N2S. The van der Waals surface area contributed by atoms with E-state index in [2.05, 4.69) is 42.0 Å². The fourth-order valence-corrected chi connectivity index (χ4v) is 3.90. The second-order valence-electron chi connectivity index (χ2n) is 5.44. The maximum absolute atomic E-state index is 6.33. The monoisotopic (exact) mass is 398 g/mol. The van der Waals surface area contributed by atoms with E-state index in [4.69, 9.17) is 28.2 Å². The van der Waals surface area contributed by atoms with Crippen LogP contribution >= 0.6 is 46.9 Å². The van der Waals surface area contributed by atoms with Gasteiger partial charge < -0.3 is 4.57 Å². The molecule has 0 saturated carbocycles. The van der Waals surface area contributed by atoms with E-state index in [-0.39, 0.29) is 12.4 Å². The summed E-state index contributed by atoms with van der Waals surface area (Å²) in [5.74, 6) is 0. The van der Waals surface area contributed by atoms with Crippen LogP contribution in [0.25, 0.3) is 11.3 Å². The molecule has 3 aromatic rings. The van der Waals surface area contributed by atoms with E-state index < -0.39 is 0 Å². The van der Waals surface area contributed by atoms with Crippen molar-refractivity contribution < 1.29 is 0 Å². The molecule has 0 N–H and O–H groups in total. The molecule has 0 aliphatic rings. The van der Waals surface area contributed by atoms with Crippen LogP contribution < -0.4 is 4.80 Å². The summed E-state index contributed by atoms with van der Waals surface area (Å²) < 4.78 is 2.06. The molecule has 2 nitrogen and oxygen atoms in total. The Labute approximate surface area is 161 Å². The number of hydrogen-bond donors (Lipinski definition) is 0. The zero-order chi connectivity index (χ0) is 16.6. The molecule has 0 spiro atoms. The van der Waals surface area contributed by atoms with Crippen LogP contribution in [-0.4, -0.2) is 4.57 Å². The lowest BCUT2D eigenvalue weighted by Crippen LogP contribution is -2.11. The van der Waals surface area contributed by atoms with Crippen molar-refractivity contribution in [3.8, 4) is 11.3 Å². The zero-order valence-corrected chi connectivity index (χ0v) is 16.7. The molecule has 0 radical (unpaired) electrons. The minimum atomic E-state index is 0. The molecule has 0 aliphatic carbocycles. The Kier molecular flexibility index (Phi) is 6.16. The predicted molar refractivity (Wildman–Crippen MR) is 107 cm³/mol. The van der Waals surface area contributed by atoms with Crippen LogP contribution in [0.1, 0.15) is 11.1 Å². The van der Waals surface area contributed by atoms with Crippen molar-refractivity contribution in [3.63, 3.8) is 0 Å². The zero-order valence-electron chi connectivity index (χ0n) is 13.5. The van der Waals surface area contributed by atoms with Gasteiger partial charge in [0.2, 0.25) is 0 Å². The molecule has 1 heterocycles. The van der Waals surface area contributed by atoms with Gasteiger partial charge in [-0.3, -0.25) is 0 Å². The Hall–Kier alpha value is -1.26.